The van der Waals surface area contributed by atoms with Crippen molar-refractivity contribution in [2.24, 2.45) is 7.05 Å². The molecule has 0 amide bonds. The molecule has 0 bridgehead atoms. The third-order valence-corrected chi connectivity index (χ3v) is 5.40. The van der Waals surface area contributed by atoms with Crippen molar-refractivity contribution in [3.8, 4) is 0 Å². The number of nitrogens with two attached hydrogens (primary N) is 1. The van der Waals surface area contributed by atoms with Gasteiger partial charge in [-0.15, -0.1) is 23.1 Å². The van der Waals surface area contributed by atoms with Crippen LogP contribution in [0.15, 0.2) is 11.1 Å². The van der Waals surface area contributed by atoms with Crippen LogP contribution in [0.25, 0.3) is 0 Å². The van der Waals surface area contributed by atoms with Gasteiger partial charge in [-0.1, -0.05) is 6.92 Å². The predicted octanol–water partition coefficient (Wildman–Crippen LogP) is 3.30. The lowest BCUT2D eigenvalue weighted by atomic mass is 10.2. The number of aryl methyl sites for hydroxylation is 2. The summed E-state index contributed by atoms with van der Waals surface area (Å²) in [5, 5.41) is 8.67. The maximum atomic E-state index is 11.9. The summed E-state index contributed by atoms with van der Waals surface area (Å²) in [6.45, 7) is 4.51. The molecule has 114 valence electrons. The van der Waals surface area contributed by atoms with E-state index in [4.69, 9.17) is 5.73 Å². The second kappa shape index (κ2) is 6.53. The van der Waals surface area contributed by atoms with Crippen LogP contribution in [0.5, 0.6) is 0 Å². The van der Waals surface area contributed by atoms with E-state index in [0.717, 1.165) is 21.2 Å². The Bertz CT molecular complexity index is 660. The average molecular weight is 324 g/mol. The highest BCUT2D eigenvalue weighted by Crippen LogP contribution is 2.42. The van der Waals surface area contributed by atoms with Crippen LogP contribution >= 0.6 is 23.1 Å². The Labute approximate surface area is 132 Å². The lowest BCUT2D eigenvalue weighted by Gasteiger charge is -2.05. The van der Waals surface area contributed by atoms with E-state index in [1.54, 1.807) is 16.4 Å². The number of aromatic nitrogens is 2. The van der Waals surface area contributed by atoms with Crippen LogP contribution in [0, 0.1) is 6.92 Å². The summed E-state index contributed by atoms with van der Waals surface area (Å²) in [4.78, 5) is 13.5. The number of carbonyl (C=O) groups is 1. The number of Topliss-reactive ketones (excluding diaryl/α,β-unsaturated/α-hetero) is 1. The second-order valence-electron chi connectivity index (χ2n) is 4.75. The van der Waals surface area contributed by atoms with E-state index in [1.165, 1.54) is 11.3 Å². The molecule has 2 rings (SSSR count). The fourth-order valence-electron chi connectivity index (χ4n) is 2.11. The predicted molar refractivity (Wildman–Crippen MR) is 90.4 cm³/mol. The SMILES string of the molecule is CCC(=O)c1sc(NCc2cn(C)nc2C)c(SC)c1N. The van der Waals surface area contributed by atoms with Gasteiger partial charge in [0.05, 0.1) is 21.2 Å². The molecule has 21 heavy (non-hydrogen) atoms. The number of rotatable bonds is 6. The van der Waals surface area contributed by atoms with Crippen LogP contribution in [0.3, 0.4) is 0 Å². The molecule has 0 radical (unpaired) electrons. The van der Waals surface area contributed by atoms with Gasteiger partial charge in [-0.25, -0.2) is 0 Å². The topological polar surface area (TPSA) is 72.9 Å². The Morgan fingerprint density at radius 2 is 2.29 bits per heavy atom. The molecule has 2 heterocycles. The summed E-state index contributed by atoms with van der Waals surface area (Å²) in [5.41, 5.74) is 8.85. The van der Waals surface area contributed by atoms with E-state index in [2.05, 4.69) is 10.4 Å². The molecule has 0 aliphatic rings. The number of hydrogen-bond donors (Lipinski definition) is 2. The van der Waals surface area contributed by atoms with Crippen LogP contribution in [-0.4, -0.2) is 21.8 Å². The summed E-state index contributed by atoms with van der Waals surface area (Å²) in [7, 11) is 1.91. The molecule has 3 N–H and O–H groups in total. The van der Waals surface area contributed by atoms with Crippen molar-refractivity contribution >= 4 is 39.6 Å². The quantitative estimate of drug-likeness (QED) is 0.630. The first-order valence-corrected chi connectivity index (χ1v) is 8.74. The van der Waals surface area contributed by atoms with Gasteiger partial charge in [0.1, 0.15) is 5.00 Å². The lowest BCUT2D eigenvalue weighted by Crippen LogP contribution is -1.99. The number of thioether (sulfide) groups is 1. The van der Waals surface area contributed by atoms with Gasteiger partial charge in [-0.3, -0.25) is 9.48 Å². The number of nitrogen functional groups attached to an aromatic ring is 1. The molecule has 0 spiro atoms. The van der Waals surface area contributed by atoms with Crippen LogP contribution in [0.2, 0.25) is 0 Å². The fraction of sp³-hybridized carbons (Fsp3) is 0.429. The van der Waals surface area contributed by atoms with Gasteiger partial charge in [0, 0.05) is 31.8 Å². The monoisotopic (exact) mass is 324 g/mol. The standard InChI is InChI=1S/C14H20N4OS2/c1-5-10(19)12-11(15)13(20-4)14(21-12)16-6-9-7-18(3)17-8(9)2/h7,16H,5-6,15H2,1-4H3. The smallest absolute Gasteiger partial charge is 0.174 e. The Morgan fingerprint density at radius 1 is 1.57 bits per heavy atom. The highest BCUT2D eigenvalue weighted by Gasteiger charge is 2.19. The number of nitrogens with one attached hydrogen (secondary N) is 1. The molecule has 2 aromatic rings. The van der Waals surface area contributed by atoms with Crippen LogP contribution < -0.4 is 11.1 Å². The van der Waals surface area contributed by atoms with Crippen LogP contribution in [-0.2, 0) is 13.6 Å². The van der Waals surface area contributed by atoms with Crippen molar-refractivity contribution in [3.63, 3.8) is 0 Å². The summed E-state index contributed by atoms with van der Waals surface area (Å²) in [6.07, 6.45) is 4.44. The fourth-order valence-corrected chi connectivity index (χ4v) is 4.15. The summed E-state index contributed by atoms with van der Waals surface area (Å²) >= 11 is 3.01. The number of hydrogen-bond acceptors (Lipinski definition) is 6. The van der Waals surface area contributed by atoms with Crippen molar-refractivity contribution in [3.05, 3.63) is 22.3 Å². The van der Waals surface area contributed by atoms with Gasteiger partial charge in [-0.2, -0.15) is 5.10 Å². The Kier molecular flexibility index (Phi) is 4.95. The summed E-state index contributed by atoms with van der Waals surface area (Å²) < 4.78 is 1.80. The largest absolute Gasteiger partial charge is 0.396 e. The molecule has 0 atom stereocenters. The van der Waals surface area contributed by atoms with Gasteiger partial charge < -0.3 is 11.1 Å². The van der Waals surface area contributed by atoms with E-state index >= 15 is 0 Å². The Morgan fingerprint density at radius 3 is 2.81 bits per heavy atom. The zero-order chi connectivity index (χ0) is 15.6. The molecule has 0 unspecified atom stereocenters. The number of nitrogens with zero attached hydrogens (tertiary/aromatic N) is 2. The first kappa shape index (κ1) is 15.9. The minimum absolute atomic E-state index is 0.0957. The highest BCUT2D eigenvalue weighted by molar-refractivity contribution is 7.99. The third-order valence-electron chi connectivity index (χ3n) is 3.23. The first-order valence-electron chi connectivity index (χ1n) is 6.70. The maximum absolute atomic E-state index is 11.9. The first-order chi connectivity index (χ1) is 9.97. The molecule has 5 nitrogen and oxygen atoms in total. The second-order valence-corrected chi connectivity index (χ2v) is 6.59. The van der Waals surface area contributed by atoms with Crippen molar-refractivity contribution in [2.45, 2.75) is 31.7 Å². The molecule has 7 heteroatoms. The van der Waals surface area contributed by atoms with Gasteiger partial charge in [0.15, 0.2) is 5.78 Å². The minimum atomic E-state index is 0.0957. The molecular formula is C14H20N4OS2. The van der Waals surface area contributed by atoms with E-state index in [0.29, 0.717) is 23.5 Å². The molecule has 0 saturated carbocycles. The maximum Gasteiger partial charge on any atom is 0.174 e. The van der Waals surface area contributed by atoms with Crippen molar-refractivity contribution < 1.29 is 4.79 Å². The van der Waals surface area contributed by atoms with Crippen molar-refractivity contribution in [2.75, 3.05) is 17.3 Å². The summed E-state index contributed by atoms with van der Waals surface area (Å²) in [6, 6.07) is 0. The number of thiophene rings is 1. The molecule has 0 aliphatic carbocycles. The number of anilines is 2. The van der Waals surface area contributed by atoms with Gasteiger partial charge in [0.25, 0.3) is 0 Å². The van der Waals surface area contributed by atoms with Gasteiger partial charge in [-0.05, 0) is 13.2 Å². The van der Waals surface area contributed by atoms with E-state index in [1.807, 2.05) is 33.3 Å². The summed E-state index contributed by atoms with van der Waals surface area (Å²) in [5.74, 6) is 0.0957. The van der Waals surface area contributed by atoms with Crippen LogP contribution in [0.1, 0.15) is 34.3 Å². The molecule has 0 fully saturated rings. The zero-order valence-electron chi connectivity index (χ0n) is 12.7. The molecular weight excluding hydrogens is 304 g/mol. The minimum Gasteiger partial charge on any atom is -0.396 e. The van der Waals surface area contributed by atoms with Gasteiger partial charge >= 0.3 is 0 Å². The average Bonchev–Trinajstić information content (AvgIpc) is 2.94. The Balaban J connectivity index is 2.23. The van der Waals surface area contributed by atoms with Crippen molar-refractivity contribution in [1.29, 1.82) is 0 Å². The highest BCUT2D eigenvalue weighted by atomic mass is 32.2. The molecule has 2 aromatic heterocycles. The lowest BCUT2D eigenvalue weighted by molar-refractivity contribution is 0.0992. The molecule has 0 aromatic carbocycles. The Hall–Kier alpha value is -1.47. The molecule has 0 aliphatic heterocycles. The third kappa shape index (κ3) is 3.24. The normalized spacial score (nSPS) is 10.9. The van der Waals surface area contributed by atoms with Crippen LogP contribution in [0.4, 0.5) is 10.7 Å². The van der Waals surface area contributed by atoms with E-state index in [-0.39, 0.29) is 5.78 Å². The van der Waals surface area contributed by atoms with Gasteiger partial charge in [0.2, 0.25) is 0 Å². The van der Waals surface area contributed by atoms with E-state index < -0.39 is 0 Å². The van der Waals surface area contributed by atoms with E-state index in [9.17, 15) is 4.79 Å². The van der Waals surface area contributed by atoms with Crippen molar-refractivity contribution in [1.82, 2.24) is 9.78 Å². The molecule has 0 saturated heterocycles. The zero-order valence-corrected chi connectivity index (χ0v) is 14.3. The number of carbonyl (C=O) groups excluding carboxylic acids is 1. The number of ketones is 1.